The Hall–Kier alpha value is 0.0200. The van der Waals surface area contributed by atoms with Crippen molar-refractivity contribution in [3.05, 3.63) is 0 Å². The molecule has 13 nitrogen and oxygen atoms in total. The average Bonchev–Trinajstić information content (AvgIpc) is 2.27. The van der Waals surface area contributed by atoms with Crippen LogP contribution >= 0.6 is 15.2 Å². The van der Waals surface area contributed by atoms with Crippen LogP contribution in [0.15, 0.2) is 0 Å². The number of hydrogen-bond acceptors (Lipinski definition) is 9. The third kappa shape index (κ3) is 49.5. The van der Waals surface area contributed by atoms with Gasteiger partial charge in [-0.1, -0.05) is 6.42 Å². The summed E-state index contributed by atoms with van der Waals surface area (Å²) in [5.41, 5.74) is 10.3. The maximum Gasteiger partial charge on any atom is 0.325 e. The Morgan fingerprint density at radius 1 is 0.667 bits per heavy atom. The molecular weight excluding hydrogens is 364 g/mol. The zero-order valence-corrected chi connectivity index (χ0v) is 16.1. The summed E-state index contributed by atoms with van der Waals surface area (Å²) in [6.45, 7) is 3.13. The van der Waals surface area contributed by atoms with Crippen LogP contribution in [0.25, 0.3) is 0 Å². The zero-order valence-electron chi connectivity index (χ0n) is 14.3. The first-order valence-electron chi connectivity index (χ1n) is 6.32. The molecule has 0 saturated heterocycles. The maximum absolute atomic E-state index is 10.3. The van der Waals surface area contributed by atoms with E-state index in [1.165, 1.54) is 0 Å². The predicted octanol–water partition coefficient (Wildman–Crippen LogP) is -0.347. The highest BCUT2D eigenvalue weighted by atomic mass is 31.2. The molecular formula is C9H39N7O6P2. The summed E-state index contributed by atoms with van der Waals surface area (Å²) < 4.78 is 20.7. The lowest BCUT2D eigenvalue weighted by Gasteiger charge is -2.04. The topological polar surface area (TPSA) is 319 Å². The third-order valence-electron chi connectivity index (χ3n) is 2.04. The molecule has 21 N–H and O–H groups in total. The van der Waals surface area contributed by atoms with Gasteiger partial charge in [-0.25, -0.2) is 0 Å². The minimum Gasteiger partial charge on any atom is -0.344 e. The van der Waals surface area contributed by atoms with Gasteiger partial charge in [-0.05, 0) is 12.8 Å². The molecule has 0 aromatic carbocycles. The van der Waals surface area contributed by atoms with Gasteiger partial charge in [-0.2, -0.15) is 0 Å². The fourth-order valence-electron chi connectivity index (χ4n) is 1.14. The van der Waals surface area contributed by atoms with Gasteiger partial charge in [-0.15, -0.1) is 0 Å². The van der Waals surface area contributed by atoms with Crippen LogP contribution in [0, 0.1) is 0 Å². The van der Waals surface area contributed by atoms with E-state index in [0.717, 1.165) is 13.1 Å². The molecule has 0 amide bonds. The molecule has 0 aromatic rings. The van der Waals surface area contributed by atoms with E-state index in [9.17, 15) is 9.13 Å². The van der Waals surface area contributed by atoms with Crippen molar-refractivity contribution in [1.82, 2.24) is 29.9 Å². The lowest BCUT2D eigenvalue weighted by atomic mass is 10.3. The molecule has 0 rings (SSSR count). The van der Waals surface area contributed by atoms with Gasteiger partial charge in [0.05, 0.1) is 0 Å². The fourth-order valence-corrected chi connectivity index (χ4v) is 2.41. The smallest absolute Gasteiger partial charge is 0.325 e. The first-order valence-corrected chi connectivity index (χ1v) is 9.92. The summed E-state index contributed by atoms with van der Waals surface area (Å²) in [4.78, 5) is 33.7. The molecule has 0 aliphatic rings. The van der Waals surface area contributed by atoms with Gasteiger partial charge in [0, 0.05) is 38.5 Å². The Morgan fingerprint density at radius 3 is 1.17 bits per heavy atom. The molecule has 0 unspecified atom stereocenters. The predicted molar refractivity (Wildman–Crippen MR) is 98.7 cm³/mol. The Morgan fingerprint density at radius 2 is 0.958 bits per heavy atom. The van der Waals surface area contributed by atoms with E-state index in [0.29, 0.717) is 32.4 Å². The summed E-state index contributed by atoms with van der Waals surface area (Å²) >= 11 is 0. The largest absolute Gasteiger partial charge is 0.344 e. The SMILES string of the molecule is N.N.N.N.NCCNCCN.O=P(O)(O)CCCCCP(=O)(O)O. The molecule has 156 valence electrons. The van der Waals surface area contributed by atoms with Crippen LogP contribution in [-0.2, 0) is 9.13 Å². The molecule has 0 saturated carbocycles. The highest BCUT2D eigenvalue weighted by molar-refractivity contribution is 7.52. The number of unbranched alkanes of at least 4 members (excludes halogenated alkanes) is 2. The molecule has 15 heteroatoms. The van der Waals surface area contributed by atoms with E-state index < -0.39 is 15.2 Å². The van der Waals surface area contributed by atoms with E-state index in [1.54, 1.807) is 0 Å². The second-order valence-corrected chi connectivity index (χ2v) is 7.72. The highest BCUT2D eigenvalue weighted by Crippen LogP contribution is 2.37. The molecule has 0 bridgehead atoms. The Kier molecular flexibility index (Phi) is 37.6. The van der Waals surface area contributed by atoms with Crippen molar-refractivity contribution in [3.8, 4) is 0 Å². The summed E-state index contributed by atoms with van der Waals surface area (Å²) in [7, 11) is -7.88. The van der Waals surface area contributed by atoms with Gasteiger partial charge in [0.2, 0.25) is 0 Å². The first kappa shape index (κ1) is 39.2. The van der Waals surface area contributed by atoms with Crippen LogP contribution in [0.5, 0.6) is 0 Å². The lowest BCUT2D eigenvalue weighted by molar-refractivity contribution is 0.369. The van der Waals surface area contributed by atoms with Crippen molar-refractivity contribution in [2.75, 3.05) is 38.5 Å². The summed E-state index contributed by atoms with van der Waals surface area (Å²) in [5, 5.41) is 3.03. The number of rotatable bonds is 10. The van der Waals surface area contributed by atoms with Gasteiger partial charge >= 0.3 is 15.2 Å². The maximum atomic E-state index is 10.3. The minimum absolute atomic E-state index is 0. The van der Waals surface area contributed by atoms with Gasteiger partial charge < -0.3 is 61.0 Å². The monoisotopic (exact) mass is 403 g/mol. The molecule has 0 fully saturated rings. The molecule has 0 aromatic heterocycles. The van der Waals surface area contributed by atoms with Gasteiger partial charge in [0.1, 0.15) is 0 Å². The molecule has 24 heavy (non-hydrogen) atoms. The van der Waals surface area contributed by atoms with Crippen LogP contribution < -0.4 is 41.4 Å². The van der Waals surface area contributed by atoms with E-state index in [2.05, 4.69) is 5.32 Å². The summed E-state index contributed by atoms with van der Waals surface area (Å²) in [6, 6.07) is 0. The van der Waals surface area contributed by atoms with Crippen LogP contribution in [0.3, 0.4) is 0 Å². The van der Waals surface area contributed by atoms with E-state index in [1.807, 2.05) is 0 Å². The standard InChI is InChI=1S/C5H14O6P2.C4H13N3.4H3N/c6-12(7,8)4-2-1-3-5-13(9,10)11;5-1-3-7-4-2-6;;;;/h1-5H2,(H2,6,7,8)(H2,9,10,11);7H,1-6H2;4*1H3. The van der Waals surface area contributed by atoms with Gasteiger partial charge in [0.25, 0.3) is 0 Å². The summed E-state index contributed by atoms with van der Waals surface area (Å²) in [6.07, 6.45) is 0.590. The van der Waals surface area contributed by atoms with E-state index >= 15 is 0 Å². The third-order valence-corrected chi connectivity index (χ3v) is 3.84. The lowest BCUT2D eigenvalue weighted by Crippen LogP contribution is -2.27. The molecule has 0 aliphatic heterocycles. The van der Waals surface area contributed by atoms with Crippen LogP contribution in [-0.4, -0.2) is 58.1 Å². The average molecular weight is 403 g/mol. The van der Waals surface area contributed by atoms with Gasteiger partial charge in [0.15, 0.2) is 0 Å². The van der Waals surface area contributed by atoms with Crippen molar-refractivity contribution in [3.63, 3.8) is 0 Å². The fraction of sp³-hybridized carbons (Fsp3) is 1.00. The molecule has 0 aliphatic carbocycles. The number of nitrogens with two attached hydrogens (primary N) is 2. The number of hydrogen-bond donors (Lipinski definition) is 11. The van der Waals surface area contributed by atoms with Crippen LogP contribution in [0.1, 0.15) is 19.3 Å². The Balaban J connectivity index is -0.0000000650. The molecule has 0 radical (unpaired) electrons. The molecule has 0 spiro atoms. The van der Waals surface area contributed by atoms with Crippen molar-refractivity contribution in [2.45, 2.75) is 19.3 Å². The van der Waals surface area contributed by atoms with Crippen molar-refractivity contribution < 1.29 is 28.7 Å². The first-order chi connectivity index (χ1) is 9.12. The van der Waals surface area contributed by atoms with E-state index in [-0.39, 0.29) is 36.9 Å². The molecule has 0 heterocycles. The van der Waals surface area contributed by atoms with Crippen molar-refractivity contribution >= 4 is 15.2 Å². The summed E-state index contributed by atoms with van der Waals surface area (Å²) in [5.74, 6) is 0. The number of nitrogens with one attached hydrogen (secondary N) is 1. The minimum atomic E-state index is -3.94. The highest BCUT2D eigenvalue weighted by Gasteiger charge is 2.14. The Labute approximate surface area is 144 Å². The normalized spacial score (nSPS) is 9.92. The zero-order chi connectivity index (χ0) is 16.1. The second kappa shape index (κ2) is 23.0. The second-order valence-electron chi connectivity index (χ2n) is 4.16. The Bertz CT molecular complexity index is 287. The van der Waals surface area contributed by atoms with Crippen LogP contribution in [0.2, 0.25) is 0 Å². The molecule has 0 atom stereocenters. The van der Waals surface area contributed by atoms with Crippen molar-refractivity contribution in [1.29, 1.82) is 0 Å². The quantitative estimate of drug-likeness (QED) is 0.164. The van der Waals surface area contributed by atoms with E-state index in [4.69, 9.17) is 31.0 Å². The van der Waals surface area contributed by atoms with Crippen LogP contribution in [0.4, 0.5) is 0 Å². The van der Waals surface area contributed by atoms with Gasteiger partial charge in [-0.3, -0.25) is 9.13 Å². The van der Waals surface area contributed by atoms with Crippen molar-refractivity contribution in [2.24, 2.45) is 11.5 Å².